The van der Waals surface area contributed by atoms with Crippen LogP contribution < -0.4 is 5.32 Å². The summed E-state index contributed by atoms with van der Waals surface area (Å²) in [5.41, 5.74) is 0. The molecule has 0 saturated heterocycles. The summed E-state index contributed by atoms with van der Waals surface area (Å²) in [6.07, 6.45) is 14.3. The molecule has 0 amide bonds. The zero-order valence-corrected chi connectivity index (χ0v) is 16.2. The molecule has 0 spiro atoms. The fraction of sp³-hybridized carbons (Fsp3) is 0.950. The molecule has 0 radical (unpaired) electrons. The highest BCUT2D eigenvalue weighted by atomic mass is 16.5. The molecule has 4 heteroatoms. The Labute approximate surface area is 149 Å². The number of ether oxygens (including phenoxy) is 1. The van der Waals surface area contributed by atoms with Gasteiger partial charge in [-0.25, -0.2) is 0 Å². The average molecular weight is 344 g/mol. The number of carbonyl (C=O) groups is 1. The molecule has 0 aromatic carbocycles. The van der Waals surface area contributed by atoms with Crippen LogP contribution in [0.15, 0.2) is 0 Å². The van der Waals surface area contributed by atoms with Crippen molar-refractivity contribution in [1.82, 2.24) is 5.32 Å². The highest BCUT2D eigenvalue weighted by Crippen LogP contribution is 2.09. The number of hydrogen-bond acceptors (Lipinski definition) is 4. The SMILES string of the molecule is CCCCCCCCCOC(=O)CC(CCCCC)NCCCO. The molecule has 0 aliphatic carbocycles. The van der Waals surface area contributed by atoms with E-state index in [1.165, 1.54) is 44.9 Å². The highest BCUT2D eigenvalue weighted by Gasteiger charge is 2.14. The van der Waals surface area contributed by atoms with Crippen molar-refractivity contribution in [1.29, 1.82) is 0 Å². The Morgan fingerprint density at radius 1 is 0.917 bits per heavy atom. The third-order valence-corrected chi connectivity index (χ3v) is 4.35. The largest absolute Gasteiger partial charge is 0.466 e. The lowest BCUT2D eigenvalue weighted by molar-refractivity contribution is -0.144. The number of esters is 1. The quantitative estimate of drug-likeness (QED) is 0.282. The van der Waals surface area contributed by atoms with Gasteiger partial charge in [0.05, 0.1) is 13.0 Å². The minimum absolute atomic E-state index is 0.0843. The summed E-state index contributed by atoms with van der Waals surface area (Å²) in [5, 5.41) is 12.3. The first-order chi connectivity index (χ1) is 11.7. The normalized spacial score (nSPS) is 12.3. The Kier molecular flexibility index (Phi) is 18.2. The van der Waals surface area contributed by atoms with Gasteiger partial charge in [0.15, 0.2) is 0 Å². The van der Waals surface area contributed by atoms with Gasteiger partial charge in [0.1, 0.15) is 0 Å². The molecule has 0 bridgehead atoms. The third kappa shape index (κ3) is 16.3. The van der Waals surface area contributed by atoms with Crippen LogP contribution in [0.4, 0.5) is 0 Å². The number of hydrogen-bond donors (Lipinski definition) is 2. The molecule has 0 aromatic rings. The Morgan fingerprint density at radius 3 is 2.21 bits per heavy atom. The molecule has 0 aliphatic rings. The van der Waals surface area contributed by atoms with Crippen LogP contribution in [0.5, 0.6) is 0 Å². The lowest BCUT2D eigenvalue weighted by Crippen LogP contribution is -2.33. The maximum Gasteiger partial charge on any atom is 0.307 e. The van der Waals surface area contributed by atoms with Crippen molar-refractivity contribution in [3.8, 4) is 0 Å². The van der Waals surface area contributed by atoms with E-state index in [0.717, 1.165) is 38.6 Å². The van der Waals surface area contributed by atoms with Crippen molar-refractivity contribution in [2.45, 2.75) is 103 Å². The summed E-state index contributed by atoms with van der Waals surface area (Å²) in [4.78, 5) is 12.0. The lowest BCUT2D eigenvalue weighted by atomic mass is 10.1. The Morgan fingerprint density at radius 2 is 1.54 bits per heavy atom. The lowest BCUT2D eigenvalue weighted by Gasteiger charge is -2.18. The minimum Gasteiger partial charge on any atom is -0.466 e. The van der Waals surface area contributed by atoms with Crippen LogP contribution in [-0.2, 0) is 9.53 Å². The minimum atomic E-state index is -0.0843. The van der Waals surface area contributed by atoms with Gasteiger partial charge in [-0.15, -0.1) is 0 Å². The van der Waals surface area contributed by atoms with Gasteiger partial charge in [-0.1, -0.05) is 71.6 Å². The molecule has 2 N–H and O–H groups in total. The van der Waals surface area contributed by atoms with Crippen LogP contribution in [0.25, 0.3) is 0 Å². The standard InChI is InChI=1S/C20H41NO3/c1-3-5-7-8-9-10-12-17-24-20(23)18-19(14-11-6-4-2)21-15-13-16-22/h19,21-22H,3-18H2,1-2H3. The van der Waals surface area contributed by atoms with Crippen molar-refractivity contribution < 1.29 is 14.6 Å². The van der Waals surface area contributed by atoms with Gasteiger partial charge in [0, 0.05) is 12.6 Å². The summed E-state index contributed by atoms with van der Waals surface area (Å²) < 4.78 is 5.38. The van der Waals surface area contributed by atoms with E-state index in [4.69, 9.17) is 9.84 Å². The van der Waals surface area contributed by atoms with E-state index >= 15 is 0 Å². The van der Waals surface area contributed by atoms with E-state index in [0.29, 0.717) is 13.0 Å². The summed E-state index contributed by atoms with van der Waals surface area (Å²) in [5.74, 6) is -0.0843. The first kappa shape index (κ1) is 23.4. The highest BCUT2D eigenvalue weighted by molar-refractivity contribution is 5.70. The van der Waals surface area contributed by atoms with Gasteiger partial charge < -0.3 is 15.2 Å². The second-order valence-electron chi connectivity index (χ2n) is 6.77. The number of rotatable bonds is 18. The molecule has 0 rings (SSSR count). The van der Waals surface area contributed by atoms with Crippen molar-refractivity contribution in [2.24, 2.45) is 0 Å². The first-order valence-electron chi connectivity index (χ1n) is 10.2. The van der Waals surface area contributed by atoms with Crippen LogP contribution in [0.1, 0.15) is 97.3 Å². The van der Waals surface area contributed by atoms with Crippen LogP contribution in [0.3, 0.4) is 0 Å². The molecule has 24 heavy (non-hydrogen) atoms. The van der Waals surface area contributed by atoms with Gasteiger partial charge in [-0.3, -0.25) is 4.79 Å². The smallest absolute Gasteiger partial charge is 0.307 e. The van der Waals surface area contributed by atoms with Crippen molar-refractivity contribution in [3.05, 3.63) is 0 Å². The van der Waals surface area contributed by atoms with E-state index in [1.807, 2.05) is 0 Å². The maximum atomic E-state index is 12.0. The van der Waals surface area contributed by atoms with Crippen LogP contribution >= 0.6 is 0 Å². The van der Waals surface area contributed by atoms with Crippen molar-refractivity contribution in [2.75, 3.05) is 19.8 Å². The number of aliphatic hydroxyl groups is 1. The molecule has 144 valence electrons. The molecule has 1 atom stereocenters. The van der Waals surface area contributed by atoms with E-state index < -0.39 is 0 Å². The van der Waals surface area contributed by atoms with Gasteiger partial charge in [-0.2, -0.15) is 0 Å². The zero-order chi connectivity index (χ0) is 17.9. The van der Waals surface area contributed by atoms with Crippen LogP contribution in [-0.4, -0.2) is 36.9 Å². The van der Waals surface area contributed by atoms with Crippen molar-refractivity contribution >= 4 is 5.97 Å². The van der Waals surface area contributed by atoms with Crippen molar-refractivity contribution in [3.63, 3.8) is 0 Å². The maximum absolute atomic E-state index is 12.0. The van der Waals surface area contributed by atoms with Gasteiger partial charge in [0.25, 0.3) is 0 Å². The number of carbonyl (C=O) groups excluding carboxylic acids is 1. The van der Waals surface area contributed by atoms with Gasteiger partial charge in [-0.05, 0) is 25.8 Å². The van der Waals surface area contributed by atoms with Crippen LogP contribution in [0, 0.1) is 0 Å². The molecule has 0 heterocycles. The number of unbranched alkanes of at least 4 members (excludes halogenated alkanes) is 8. The average Bonchev–Trinajstić information content (AvgIpc) is 2.57. The number of nitrogens with one attached hydrogen (secondary N) is 1. The molecule has 0 aromatic heterocycles. The summed E-state index contributed by atoms with van der Waals surface area (Å²) in [7, 11) is 0. The Bertz CT molecular complexity index is 262. The first-order valence-corrected chi connectivity index (χ1v) is 10.2. The molecular weight excluding hydrogens is 302 g/mol. The third-order valence-electron chi connectivity index (χ3n) is 4.35. The Hall–Kier alpha value is -0.610. The molecule has 1 unspecified atom stereocenters. The number of aliphatic hydroxyl groups excluding tert-OH is 1. The summed E-state index contributed by atoms with van der Waals surface area (Å²) in [6.45, 7) is 5.93. The topological polar surface area (TPSA) is 58.6 Å². The summed E-state index contributed by atoms with van der Waals surface area (Å²) >= 11 is 0. The van der Waals surface area contributed by atoms with Gasteiger partial charge in [0.2, 0.25) is 0 Å². The van der Waals surface area contributed by atoms with E-state index in [2.05, 4.69) is 19.2 Å². The molecule has 4 nitrogen and oxygen atoms in total. The fourth-order valence-corrected chi connectivity index (χ4v) is 2.81. The molecule has 0 fully saturated rings. The fourth-order valence-electron chi connectivity index (χ4n) is 2.81. The van der Waals surface area contributed by atoms with Gasteiger partial charge >= 0.3 is 5.97 Å². The zero-order valence-electron chi connectivity index (χ0n) is 16.2. The van der Waals surface area contributed by atoms with E-state index in [-0.39, 0.29) is 18.6 Å². The summed E-state index contributed by atoms with van der Waals surface area (Å²) in [6, 6.07) is 0.185. The molecule has 0 saturated carbocycles. The monoisotopic (exact) mass is 343 g/mol. The van der Waals surface area contributed by atoms with E-state index in [1.54, 1.807) is 0 Å². The second-order valence-corrected chi connectivity index (χ2v) is 6.77. The Balaban J connectivity index is 3.74. The van der Waals surface area contributed by atoms with E-state index in [9.17, 15) is 4.79 Å². The second kappa shape index (κ2) is 18.7. The van der Waals surface area contributed by atoms with Crippen LogP contribution in [0.2, 0.25) is 0 Å². The molecule has 0 aliphatic heterocycles. The predicted octanol–water partition coefficient (Wildman–Crippen LogP) is 4.59. The molecular formula is C20H41NO3. The predicted molar refractivity (Wildman–Crippen MR) is 101 cm³/mol.